The highest BCUT2D eigenvalue weighted by molar-refractivity contribution is 7.17. The Morgan fingerprint density at radius 3 is 2.31 bits per heavy atom. The average molecular weight is 410 g/mol. The number of fused-ring (bicyclic) bond motifs is 3. The lowest BCUT2D eigenvalue weighted by atomic mass is 9.98. The van der Waals surface area contributed by atoms with Crippen LogP contribution in [0.4, 0.5) is 9.93 Å². The number of benzene rings is 2. The lowest BCUT2D eigenvalue weighted by molar-refractivity contribution is 0.0697. The lowest BCUT2D eigenvalue weighted by Crippen LogP contribution is -2.17. The molecule has 4 rings (SSSR count). The van der Waals surface area contributed by atoms with Crippen LogP contribution in [0.15, 0.2) is 48.5 Å². The zero-order chi connectivity index (χ0) is 20.4. The molecule has 0 radical (unpaired) electrons. The van der Waals surface area contributed by atoms with Crippen molar-refractivity contribution in [2.75, 3.05) is 19.0 Å². The van der Waals surface area contributed by atoms with Gasteiger partial charge in [-0.15, -0.1) is 0 Å². The maximum Gasteiger partial charge on any atom is 0.413 e. The first-order valence-corrected chi connectivity index (χ1v) is 9.74. The standard InChI is InChI=1S/C21H18N2O5S/c1-27-11-17-18(19(24)25)29-20(22-17)23-21(26)28-10-16-14-8-4-2-6-12(14)13-7-3-5-9-15(13)16/h2-9,16H,10-11H2,1H3,(H,24,25)(H,22,23,26). The van der Waals surface area contributed by atoms with Gasteiger partial charge in [-0.3, -0.25) is 5.32 Å². The molecular formula is C21H18N2O5S. The van der Waals surface area contributed by atoms with Gasteiger partial charge in [0.15, 0.2) is 5.13 Å². The Bertz CT molecular complexity index is 1030. The number of carbonyl (C=O) groups is 2. The lowest BCUT2D eigenvalue weighted by Gasteiger charge is -2.14. The Morgan fingerprint density at radius 2 is 1.72 bits per heavy atom. The van der Waals surface area contributed by atoms with Gasteiger partial charge in [-0.05, 0) is 22.3 Å². The van der Waals surface area contributed by atoms with E-state index in [-0.39, 0.29) is 34.8 Å². The SMILES string of the molecule is COCc1nc(NC(=O)OCC2c3ccccc3-c3ccccc32)sc1C(=O)O. The highest BCUT2D eigenvalue weighted by Crippen LogP contribution is 2.44. The number of nitrogens with one attached hydrogen (secondary N) is 1. The molecule has 0 spiro atoms. The smallest absolute Gasteiger partial charge is 0.413 e. The summed E-state index contributed by atoms with van der Waals surface area (Å²) >= 11 is 0.869. The van der Waals surface area contributed by atoms with E-state index in [1.807, 2.05) is 36.4 Å². The average Bonchev–Trinajstić information content (AvgIpc) is 3.26. The summed E-state index contributed by atoms with van der Waals surface area (Å²) in [5, 5.41) is 11.9. The molecule has 0 bridgehead atoms. The number of carboxylic acid groups (broad SMARTS) is 1. The van der Waals surface area contributed by atoms with Crippen LogP contribution in [-0.2, 0) is 16.1 Å². The van der Waals surface area contributed by atoms with Gasteiger partial charge in [-0.25, -0.2) is 14.6 Å². The summed E-state index contributed by atoms with van der Waals surface area (Å²) in [4.78, 5) is 27.7. The van der Waals surface area contributed by atoms with Gasteiger partial charge in [0.25, 0.3) is 0 Å². The maximum atomic E-state index is 12.3. The van der Waals surface area contributed by atoms with Crippen molar-refractivity contribution in [1.82, 2.24) is 4.98 Å². The molecule has 29 heavy (non-hydrogen) atoms. The number of anilines is 1. The van der Waals surface area contributed by atoms with E-state index in [2.05, 4.69) is 22.4 Å². The predicted octanol–water partition coefficient (Wildman–Crippen LogP) is 4.35. The summed E-state index contributed by atoms with van der Waals surface area (Å²) in [5.41, 5.74) is 4.79. The molecule has 0 unspecified atom stereocenters. The van der Waals surface area contributed by atoms with Crippen molar-refractivity contribution < 1.29 is 24.2 Å². The molecule has 8 heteroatoms. The summed E-state index contributed by atoms with van der Waals surface area (Å²) in [6, 6.07) is 16.1. The summed E-state index contributed by atoms with van der Waals surface area (Å²) in [6.45, 7) is 0.215. The van der Waals surface area contributed by atoms with Crippen molar-refractivity contribution in [3.63, 3.8) is 0 Å². The first kappa shape index (κ1) is 19.1. The molecule has 0 atom stereocenters. The number of thiazole rings is 1. The summed E-state index contributed by atoms with van der Waals surface area (Å²) in [7, 11) is 1.45. The van der Waals surface area contributed by atoms with E-state index < -0.39 is 12.1 Å². The first-order valence-electron chi connectivity index (χ1n) is 8.92. The van der Waals surface area contributed by atoms with E-state index in [0.29, 0.717) is 0 Å². The zero-order valence-electron chi connectivity index (χ0n) is 15.5. The summed E-state index contributed by atoms with van der Waals surface area (Å²) in [6.07, 6.45) is -0.679. The minimum atomic E-state index is -1.12. The van der Waals surface area contributed by atoms with Crippen LogP contribution in [0.25, 0.3) is 11.1 Å². The second kappa shape index (κ2) is 8.02. The van der Waals surface area contributed by atoms with E-state index in [4.69, 9.17) is 9.47 Å². The molecule has 1 amide bonds. The number of methoxy groups -OCH3 is 1. The highest BCUT2D eigenvalue weighted by atomic mass is 32.1. The fourth-order valence-corrected chi connectivity index (χ4v) is 4.32. The van der Waals surface area contributed by atoms with Crippen LogP contribution in [0.3, 0.4) is 0 Å². The van der Waals surface area contributed by atoms with E-state index in [0.717, 1.165) is 33.6 Å². The number of rotatable bonds is 6. The number of aromatic nitrogens is 1. The third kappa shape index (κ3) is 3.72. The molecule has 0 saturated carbocycles. The molecule has 0 saturated heterocycles. The van der Waals surface area contributed by atoms with Gasteiger partial charge in [0, 0.05) is 13.0 Å². The van der Waals surface area contributed by atoms with Gasteiger partial charge in [0.05, 0.1) is 12.3 Å². The molecule has 148 valence electrons. The fraction of sp³-hybridized carbons (Fsp3) is 0.190. The van der Waals surface area contributed by atoms with Gasteiger partial charge < -0.3 is 14.6 Å². The number of carboxylic acids is 1. The molecular weight excluding hydrogens is 392 g/mol. The molecule has 2 N–H and O–H groups in total. The number of ether oxygens (including phenoxy) is 2. The first-order chi connectivity index (χ1) is 14.1. The Hall–Kier alpha value is -3.23. The normalized spacial score (nSPS) is 12.3. The minimum Gasteiger partial charge on any atom is -0.477 e. The van der Waals surface area contributed by atoms with Crippen molar-refractivity contribution >= 4 is 28.5 Å². The topological polar surface area (TPSA) is 97.8 Å². The van der Waals surface area contributed by atoms with Crippen LogP contribution >= 0.6 is 11.3 Å². The van der Waals surface area contributed by atoms with E-state index in [9.17, 15) is 14.7 Å². The molecule has 1 aliphatic rings. The number of amides is 1. The minimum absolute atomic E-state index is 0.0285. The van der Waals surface area contributed by atoms with Gasteiger partial charge >= 0.3 is 12.1 Å². The molecule has 3 aromatic rings. The highest BCUT2D eigenvalue weighted by Gasteiger charge is 2.29. The van der Waals surface area contributed by atoms with E-state index >= 15 is 0 Å². The second-order valence-electron chi connectivity index (χ2n) is 6.48. The number of hydrogen-bond donors (Lipinski definition) is 2. The Kier molecular flexibility index (Phi) is 5.28. The number of nitrogens with zero attached hydrogens (tertiary/aromatic N) is 1. The van der Waals surface area contributed by atoms with Crippen LogP contribution in [0.5, 0.6) is 0 Å². The molecule has 0 fully saturated rings. The predicted molar refractivity (Wildman–Crippen MR) is 108 cm³/mol. The van der Waals surface area contributed by atoms with Gasteiger partial charge in [0.1, 0.15) is 11.5 Å². The molecule has 2 aromatic carbocycles. The Labute approximate surface area is 170 Å². The molecule has 1 aromatic heterocycles. The van der Waals surface area contributed by atoms with Gasteiger partial charge in [-0.2, -0.15) is 0 Å². The quantitative estimate of drug-likeness (QED) is 0.627. The number of hydrogen-bond acceptors (Lipinski definition) is 6. The van der Waals surface area contributed by atoms with Crippen molar-refractivity contribution in [2.24, 2.45) is 0 Å². The molecule has 7 nitrogen and oxygen atoms in total. The third-order valence-electron chi connectivity index (χ3n) is 4.73. The number of aromatic carboxylic acids is 1. The van der Waals surface area contributed by atoms with Crippen molar-refractivity contribution in [2.45, 2.75) is 12.5 Å². The van der Waals surface area contributed by atoms with Crippen molar-refractivity contribution in [3.05, 3.63) is 70.2 Å². The van der Waals surface area contributed by atoms with E-state index in [1.54, 1.807) is 0 Å². The van der Waals surface area contributed by atoms with Crippen molar-refractivity contribution in [1.29, 1.82) is 0 Å². The van der Waals surface area contributed by atoms with Crippen LogP contribution in [0.2, 0.25) is 0 Å². The van der Waals surface area contributed by atoms with Crippen LogP contribution in [0.1, 0.15) is 32.4 Å². The summed E-state index contributed by atoms with van der Waals surface area (Å²) < 4.78 is 10.4. The molecule has 0 aliphatic heterocycles. The maximum absolute atomic E-state index is 12.3. The third-order valence-corrected chi connectivity index (χ3v) is 5.73. The van der Waals surface area contributed by atoms with Crippen LogP contribution < -0.4 is 5.32 Å². The Balaban J connectivity index is 1.47. The zero-order valence-corrected chi connectivity index (χ0v) is 16.4. The summed E-state index contributed by atoms with van der Waals surface area (Å²) in [5.74, 6) is -1.17. The van der Waals surface area contributed by atoms with Crippen molar-refractivity contribution in [3.8, 4) is 11.1 Å². The van der Waals surface area contributed by atoms with E-state index in [1.165, 1.54) is 7.11 Å². The van der Waals surface area contributed by atoms with Crippen LogP contribution in [0, 0.1) is 0 Å². The molecule has 1 heterocycles. The Morgan fingerprint density at radius 1 is 1.10 bits per heavy atom. The van der Waals surface area contributed by atoms with Gasteiger partial charge in [-0.1, -0.05) is 59.9 Å². The second-order valence-corrected chi connectivity index (χ2v) is 7.48. The molecule has 1 aliphatic carbocycles. The largest absolute Gasteiger partial charge is 0.477 e. The monoisotopic (exact) mass is 410 g/mol. The fourth-order valence-electron chi connectivity index (χ4n) is 3.53. The van der Waals surface area contributed by atoms with Gasteiger partial charge in [0.2, 0.25) is 0 Å². The number of carbonyl (C=O) groups excluding carboxylic acids is 1. The van der Waals surface area contributed by atoms with Crippen LogP contribution in [-0.4, -0.2) is 35.9 Å².